The number of rotatable bonds is 4. The number of benzene rings is 4. The van der Waals surface area contributed by atoms with Crippen molar-refractivity contribution in [2.24, 2.45) is 0 Å². The van der Waals surface area contributed by atoms with E-state index in [0.717, 1.165) is 32.3 Å². The fourth-order valence-electron chi connectivity index (χ4n) is 3.91. The van der Waals surface area contributed by atoms with E-state index in [2.05, 4.69) is 12.1 Å². The van der Waals surface area contributed by atoms with Crippen LogP contribution in [0.15, 0.2) is 103 Å². The summed E-state index contributed by atoms with van der Waals surface area (Å²) in [6.45, 7) is 0. The van der Waals surface area contributed by atoms with E-state index in [4.69, 9.17) is 5.73 Å². The highest BCUT2D eigenvalue weighted by atomic mass is 32.1. The monoisotopic (exact) mass is 405 g/mol. The van der Waals surface area contributed by atoms with E-state index in [1.165, 1.54) is 11.3 Å². The van der Waals surface area contributed by atoms with Gasteiger partial charge in [0.2, 0.25) is 0 Å². The van der Waals surface area contributed by atoms with Crippen LogP contribution in [0.25, 0.3) is 32.3 Å². The molecule has 0 aliphatic heterocycles. The fourth-order valence-corrected chi connectivity index (χ4v) is 5.00. The molecule has 0 fully saturated rings. The Kier molecular flexibility index (Phi) is 4.66. The molecule has 5 aromatic rings. The quantitative estimate of drug-likeness (QED) is 0.326. The summed E-state index contributed by atoms with van der Waals surface area (Å²) >= 11 is 1.47. The molecule has 0 spiro atoms. The summed E-state index contributed by atoms with van der Waals surface area (Å²) in [4.78, 5) is 14.9. The third-order valence-electron chi connectivity index (χ3n) is 5.30. The fraction of sp³-hybridized carbons (Fsp3) is 0. The van der Waals surface area contributed by atoms with Crippen LogP contribution >= 0.6 is 11.3 Å². The summed E-state index contributed by atoms with van der Waals surface area (Å²) in [7, 11) is 0. The molecule has 0 unspecified atom stereocenters. The van der Waals surface area contributed by atoms with Crippen molar-refractivity contribution in [3.8, 4) is 21.6 Å². The summed E-state index contributed by atoms with van der Waals surface area (Å²) in [5.74, 6) is -0.0402. The molecular weight excluding hydrogens is 386 g/mol. The van der Waals surface area contributed by atoms with Crippen molar-refractivity contribution < 1.29 is 4.79 Å². The van der Waals surface area contributed by atoms with Crippen LogP contribution < -0.4 is 5.73 Å². The Labute approximate surface area is 179 Å². The smallest absolute Gasteiger partial charge is 0.197 e. The number of carbonyl (C=O) groups is 1. The number of nitrogen functional groups attached to an aromatic ring is 1. The number of carbonyl (C=O) groups excluding carboxylic acids is 1. The Morgan fingerprint density at radius 3 is 2.00 bits per heavy atom. The van der Waals surface area contributed by atoms with Crippen molar-refractivity contribution in [2.75, 3.05) is 5.73 Å². The summed E-state index contributed by atoms with van der Waals surface area (Å²) in [6.07, 6.45) is 0. The van der Waals surface area contributed by atoms with E-state index in [0.29, 0.717) is 16.1 Å². The van der Waals surface area contributed by atoms with E-state index in [1.54, 1.807) is 0 Å². The van der Waals surface area contributed by atoms with Gasteiger partial charge in [0, 0.05) is 16.0 Å². The van der Waals surface area contributed by atoms with Crippen LogP contribution in [-0.4, -0.2) is 5.78 Å². The summed E-state index contributed by atoms with van der Waals surface area (Å²) in [5, 5.41) is 2.53. The van der Waals surface area contributed by atoms with E-state index >= 15 is 0 Å². The van der Waals surface area contributed by atoms with Gasteiger partial charge >= 0.3 is 0 Å². The first-order chi connectivity index (χ1) is 14.7. The molecule has 5 rings (SSSR count). The first-order valence-corrected chi connectivity index (χ1v) is 10.6. The standard InChI is InChI=1S/C27H19NOS/c28-27-24(25(29)22-17-9-15-18-10-7-8-16-21(18)22)23(19-11-3-1-4-12-19)26(30-27)20-13-5-2-6-14-20/h1-17H,28H2. The summed E-state index contributed by atoms with van der Waals surface area (Å²) < 4.78 is 0. The van der Waals surface area contributed by atoms with Crippen molar-refractivity contribution in [1.29, 1.82) is 0 Å². The normalized spacial score (nSPS) is 10.9. The average molecular weight is 406 g/mol. The van der Waals surface area contributed by atoms with Crippen molar-refractivity contribution in [3.05, 3.63) is 114 Å². The molecule has 2 nitrogen and oxygen atoms in total. The Bertz CT molecular complexity index is 1350. The Morgan fingerprint density at radius 2 is 1.27 bits per heavy atom. The SMILES string of the molecule is Nc1sc(-c2ccccc2)c(-c2ccccc2)c1C(=O)c1cccc2ccccc12. The molecule has 0 radical (unpaired) electrons. The van der Waals surface area contributed by atoms with E-state index in [9.17, 15) is 4.79 Å². The van der Waals surface area contributed by atoms with Gasteiger partial charge in [-0.25, -0.2) is 0 Å². The first-order valence-electron chi connectivity index (χ1n) is 9.79. The molecule has 30 heavy (non-hydrogen) atoms. The van der Waals surface area contributed by atoms with Crippen LogP contribution in [0.1, 0.15) is 15.9 Å². The molecule has 1 heterocycles. The highest BCUT2D eigenvalue weighted by molar-refractivity contribution is 7.20. The molecule has 1 aromatic heterocycles. The van der Waals surface area contributed by atoms with Crippen LogP contribution in [0.5, 0.6) is 0 Å². The van der Waals surface area contributed by atoms with Crippen LogP contribution in [-0.2, 0) is 0 Å². The molecule has 4 aromatic carbocycles. The van der Waals surface area contributed by atoms with Gasteiger partial charge < -0.3 is 5.73 Å². The van der Waals surface area contributed by atoms with Gasteiger partial charge in [-0.2, -0.15) is 0 Å². The number of fused-ring (bicyclic) bond motifs is 1. The van der Waals surface area contributed by atoms with Gasteiger partial charge in [-0.1, -0.05) is 103 Å². The number of anilines is 1. The zero-order valence-electron chi connectivity index (χ0n) is 16.2. The maximum absolute atomic E-state index is 13.8. The molecule has 0 atom stereocenters. The number of ketones is 1. The van der Waals surface area contributed by atoms with Crippen LogP contribution in [0.4, 0.5) is 5.00 Å². The lowest BCUT2D eigenvalue weighted by molar-refractivity contribution is 0.104. The lowest BCUT2D eigenvalue weighted by atomic mass is 9.91. The molecular formula is C27H19NOS. The van der Waals surface area contributed by atoms with Gasteiger partial charge in [0.15, 0.2) is 5.78 Å². The van der Waals surface area contributed by atoms with Crippen molar-refractivity contribution in [1.82, 2.24) is 0 Å². The second-order valence-electron chi connectivity index (χ2n) is 7.13. The average Bonchev–Trinajstić information content (AvgIpc) is 3.16. The van der Waals surface area contributed by atoms with Crippen LogP contribution in [0.2, 0.25) is 0 Å². The second-order valence-corrected chi connectivity index (χ2v) is 8.19. The van der Waals surface area contributed by atoms with Gasteiger partial charge in [0.05, 0.1) is 10.6 Å². The Hall–Kier alpha value is -3.69. The molecule has 0 amide bonds. The molecule has 0 saturated carbocycles. The van der Waals surface area contributed by atoms with Crippen molar-refractivity contribution in [3.63, 3.8) is 0 Å². The minimum atomic E-state index is -0.0402. The molecule has 0 bridgehead atoms. The highest BCUT2D eigenvalue weighted by Crippen LogP contribution is 2.45. The van der Waals surface area contributed by atoms with Crippen molar-refractivity contribution >= 4 is 32.9 Å². The van der Waals surface area contributed by atoms with Gasteiger partial charge in [-0.05, 0) is 21.9 Å². The summed E-state index contributed by atoms with van der Waals surface area (Å²) in [6, 6.07) is 34.0. The van der Waals surface area contributed by atoms with Gasteiger partial charge in [0.25, 0.3) is 0 Å². The number of hydrogen-bond donors (Lipinski definition) is 1. The summed E-state index contributed by atoms with van der Waals surface area (Å²) in [5.41, 5.74) is 10.7. The molecule has 144 valence electrons. The van der Waals surface area contributed by atoms with Gasteiger partial charge in [0.1, 0.15) is 0 Å². The molecule has 0 aliphatic carbocycles. The van der Waals surface area contributed by atoms with Crippen LogP contribution in [0.3, 0.4) is 0 Å². The lowest BCUT2D eigenvalue weighted by Crippen LogP contribution is -2.05. The van der Waals surface area contributed by atoms with Gasteiger partial charge in [-0.3, -0.25) is 4.79 Å². The van der Waals surface area contributed by atoms with E-state index in [1.807, 2.05) is 91.0 Å². The number of nitrogens with two attached hydrogens (primary N) is 1. The van der Waals surface area contributed by atoms with Gasteiger partial charge in [-0.15, -0.1) is 11.3 Å². The predicted molar refractivity (Wildman–Crippen MR) is 127 cm³/mol. The molecule has 0 aliphatic rings. The Balaban J connectivity index is 1.78. The van der Waals surface area contributed by atoms with Crippen molar-refractivity contribution in [2.45, 2.75) is 0 Å². The first kappa shape index (κ1) is 18.3. The molecule has 2 N–H and O–H groups in total. The molecule has 3 heteroatoms. The lowest BCUT2D eigenvalue weighted by Gasteiger charge is -2.10. The topological polar surface area (TPSA) is 43.1 Å². The van der Waals surface area contributed by atoms with Crippen LogP contribution in [0, 0.1) is 0 Å². The largest absolute Gasteiger partial charge is 0.390 e. The minimum Gasteiger partial charge on any atom is -0.390 e. The molecule has 0 saturated heterocycles. The highest BCUT2D eigenvalue weighted by Gasteiger charge is 2.26. The van der Waals surface area contributed by atoms with E-state index < -0.39 is 0 Å². The zero-order chi connectivity index (χ0) is 20.5. The predicted octanol–water partition coefficient (Wildman–Crippen LogP) is 7.05. The minimum absolute atomic E-state index is 0.0402. The number of hydrogen-bond acceptors (Lipinski definition) is 3. The third-order valence-corrected chi connectivity index (χ3v) is 6.36. The maximum Gasteiger partial charge on any atom is 0.197 e. The second kappa shape index (κ2) is 7.62. The zero-order valence-corrected chi connectivity index (χ0v) is 17.0. The third kappa shape index (κ3) is 3.10. The maximum atomic E-state index is 13.8. The number of thiophene rings is 1. The Morgan fingerprint density at radius 1 is 0.667 bits per heavy atom. The van der Waals surface area contributed by atoms with E-state index in [-0.39, 0.29) is 5.78 Å².